The van der Waals surface area contributed by atoms with Crippen molar-refractivity contribution >= 4 is 0 Å². The summed E-state index contributed by atoms with van der Waals surface area (Å²) in [6.45, 7) is 2.15. The molecule has 0 amide bonds. The van der Waals surface area contributed by atoms with Crippen LogP contribution in [0.1, 0.15) is 24.5 Å². The fourth-order valence-electron chi connectivity index (χ4n) is 3.10. The van der Waals surface area contributed by atoms with Crippen LogP contribution >= 0.6 is 0 Å². The molecule has 2 heterocycles. The molecule has 2 aromatic carbocycles. The number of para-hydroxylation sites is 1. The fourth-order valence-corrected chi connectivity index (χ4v) is 3.10. The van der Waals surface area contributed by atoms with E-state index in [-0.39, 0.29) is 0 Å². The van der Waals surface area contributed by atoms with Crippen molar-refractivity contribution in [2.45, 2.75) is 18.8 Å². The minimum atomic E-state index is 0.528. The Morgan fingerprint density at radius 1 is 0.958 bits per heavy atom. The van der Waals surface area contributed by atoms with Crippen LogP contribution in [0.4, 0.5) is 0 Å². The van der Waals surface area contributed by atoms with Crippen LogP contribution in [0.15, 0.2) is 66.9 Å². The molecule has 122 valence electrons. The molecule has 0 spiro atoms. The second-order valence-electron chi connectivity index (χ2n) is 6.14. The van der Waals surface area contributed by atoms with Crippen molar-refractivity contribution in [2.75, 3.05) is 13.1 Å². The van der Waals surface area contributed by atoms with Crippen LogP contribution < -0.4 is 10.1 Å². The standard InChI is InChI=1S/C20H21N3O/c1-2-6-18(7-3-1)24-19-10-8-17(9-11-19)23-14-12-20(22-23)16-5-4-13-21-15-16/h1-3,6-12,14,16,21H,4-5,13,15H2. The van der Waals surface area contributed by atoms with Crippen molar-refractivity contribution in [3.05, 3.63) is 72.6 Å². The zero-order valence-electron chi connectivity index (χ0n) is 13.6. The summed E-state index contributed by atoms with van der Waals surface area (Å²) >= 11 is 0. The normalized spacial score (nSPS) is 17.6. The lowest BCUT2D eigenvalue weighted by Gasteiger charge is -2.20. The summed E-state index contributed by atoms with van der Waals surface area (Å²) in [5, 5.41) is 8.20. The van der Waals surface area contributed by atoms with Crippen LogP contribution in [0.25, 0.3) is 5.69 Å². The average Bonchev–Trinajstić information content (AvgIpc) is 3.14. The molecule has 3 aromatic rings. The first-order valence-electron chi connectivity index (χ1n) is 8.48. The molecule has 1 saturated heterocycles. The number of hydrogen-bond donors (Lipinski definition) is 1. The van der Waals surface area contributed by atoms with Crippen LogP contribution in [-0.4, -0.2) is 22.9 Å². The third-order valence-corrected chi connectivity index (χ3v) is 4.41. The summed E-state index contributed by atoms with van der Waals surface area (Å²) in [5.74, 6) is 2.20. The summed E-state index contributed by atoms with van der Waals surface area (Å²) in [6.07, 6.45) is 4.48. The average molecular weight is 319 g/mol. The maximum atomic E-state index is 5.83. The maximum Gasteiger partial charge on any atom is 0.127 e. The molecule has 1 aromatic heterocycles. The second kappa shape index (κ2) is 6.89. The van der Waals surface area contributed by atoms with Gasteiger partial charge in [-0.1, -0.05) is 18.2 Å². The van der Waals surface area contributed by atoms with E-state index in [2.05, 4.69) is 11.4 Å². The first-order valence-corrected chi connectivity index (χ1v) is 8.48. The Labute approximate surface area is 142 Å². The summed E-state index contributed by atoms with van der Waals surface area (Å²) in [5.41, 5.74) is 2.22. The van der Waals surface area contributed by atoms with Gasteiger partial charge < -0.3 is 10.1 Å². The zero-order valence-corrected chi connectivity index (χ0v) is 13.6. The van der Waals surface area contributed by atoms with Gasteiger partial charge in [-0.15, -0.1) is 0 Å². The van der Waals surface area contributed by atoms with Gasteiger partial charge in [0.15, 0.2) is 0 Å². The molecular formula is C20H21N3O. The van der Waals surface area contributed by atoms with Gasteiger partial charge in [-0.3, -0.25) is 0 Å². The molecule has 1 unspecified atom stereocenters. The van der Waals surface area contributed by atoms with Gasteiger partial charge in [0.25, 0.3) is 0 Å². The van der Waals surface area contributed by atoms with Gasteiger partial charge in [-0.25, -0.2) is 4.68 Å². The molecule has 0 saturated carbocycles. The lowest BCUT2D eigenvalue weighted by atomic mass is 9.97. The highest BCUT2D eigenvalue weighted by atomic mass is 16.5. The van der Waals surface area contributed by atoms with Crippen LogP contribution in [0, 0.1) is 0 Å². The molecule has 24 heavy (non-hydrogen) atoms. The van der Waals surface area contributed by atoms with E-state index in [0.717, 1.165) is 30.3 Å². The van der Waals surface area contributed by atoms with Crippen molar-refractivity contribution in [1.82, 2.24) is 15.1 Å². The molecule has 0 radical (unpaired) electrons. The van der Waals surface area contributed by atoms with Gasteiger partial charge in [-0.05, 0) is 61.9 Å². The SMILES string of the molecule is c1ccc(Oc2ccc(-n3ccc(C4CCCNC4)n3)cc2)cc1. The quantitative estimate of drug-likeness (QED) is 0.786. The van der Waals surface area contributed by atoms with Crippen molar-refractivity contribution in [3.8, 4) is 17.2 Å². The number of rotatable bonds is 4. The third-order valence-electron chi connectivity index (χ3n) is 4.41. The van der Waals surface area contributed by atoms with Crippen LogP contribution in [-0.2, 0) is 0 Å². The lowest BCUT2D eigenvalue weighted by molar-refractivity contribution is 0.452. The topological polar surface area (TPSA) is 39.1 Å². The van der Waals surface area contributed by atoms with Crippen LogP contribution in [0.3, 0.4) is 0 Å². The number of aromatic nitrogens is 2. The second-order valence-corrected chi connectivity index (χ2v) is 6.14. The number of ether oxygens (including phenoxy) is 1. The van der Waals surface area contributed by atoms with E-state index >= 15 is 0 Å². The first-order chi connectivity index (χ1) is 11.9. The summed E-state index contributed by atoms with van der Waals surface area (Å²) in [4.78, 5) is 0. The molecular weight excluding hydrogens is 298 g/mol. The maximum absolute atomic E-state index is 5.83. The predicted molar refractivity (Wildman–Crippen MR) is 94.9 cm³/mol. The monoisotopic (exact) mass is 319 g/mol. The lowest BCUT2D eigenvalue weighted by Crippen LogP contribution is -2.28. The molecule has 1 N–H and O–H groups in total. The molecule has 1 aliphatic heterocycles. The molecule has 1 atom stereocenters. The van der Waals surface area contributed by atoms with Crippen LogP contribution in [0.5, 0.6) is 11.5 Å². The van der Waals surface area contributed by atoms with Crippen LogP contribution in [0.2, 0.25) is 0 Å². The van der Waals surface area contributed by atoms with E-state index in [0.29, 0.717) is 5.92 Å². The summed E-state index contributed by atoms with van der Waals surface area (Å²) in [7, 11) is 0. The van der Waals surface area contributed by atoms with Gasteiger partial charge >= 0.3 is 0 Å². The van der Waals surface area contributed by atoms with E-state index in [9.17, 15) is 0 Å². The number of nitrogens with zero attached hydrogens (tertiary/aromatic N) is 2. The molecule has 4 nitrogen and oxygen atoms in total. The summed E-state index contributed by atoms with van der Waals surface area (Å²) < 4.78 is 7.77. The molecule has 0 bridgehead atoms. The largest absolute Gasteiger partial charge is 0.457 e. The smallest absolute Gasteiger partial charge is 0.127 e. The highest BCUT2D eigenvalue weighted by molar-refractivity contribution is 5.39. The number of hydrogen-bond acceptors (Lipinski definition) is 3. The molecule has 1 aliphatic rings. The molecule has 4 rings (SSSR count). The Morgan fingerprint density at radius 2 is 1.75 bits per heavy atom. The Morgan fingerprint density at radius 3 is 2.50 bits per heavy atom. The Bertz CT molecular complexity index is 774. The van der Waals surface area contributed by atoms with Crippen molar-refractivity contribution in [1.29, 1.82) is 0 Å². The highest BCUT2D eigenvalue weighted by Gasteiger charge is 2.17. The molecule has 1 fully saturated rings. The van der Waals surface area contributed by atoms with E-state index in [1.807, 2.05) is 65.5 Å². The first kappa shape index (κ1) is 15.0. The Kier molecular flexibility index (Phi) is 4.30. The predicted octanol–water partition coefficient (Wildman–Crippen LogP) is 4.13. The molecule has 4 heteroatoms. The minimum absolute atomic E-state index is 0.528. The third kappa shape index (κ3) is 3.34. The molecule has 0 aliphatic carbocycles. The number of nitrogens with one attached hydrogen (secondary N) is 1. The zero-order chi connectivity index (χ0) is 16.2. The van der Waals surface area contributed by atoms with Gasteiger partial charge in [0.1, 0.15) is 11.5 Å². The Balaban J connectivity index is 1.47. The number of benzene rings is 2. The van der Waals surface area contributed by atoms with Gasteiger partial charge in [0, 0.05) is 18.7 Å². The highest BCUT2D eigenvalue weighted by Crippen LogP contribution is 2.24. The van der Waals surface area contributed by atoms with Gasteiger partial charge in [0.2, 0.25) is 0 Å². The Hall–Kier alpha value is -2.59. The van der Waals surface area contributed by atoms with Gasteiger partial charge in [0.05, 0.1) is 11.4 Å². The summed E-state index contributed by atoms with van der Waals surface area (Å²) in [6, 6.07) is 20.0. The minimum Gasteiger partial charge on any atom is -0.457 e. The van der Waals surface area contributed by atoms with Gasteiger partial charge in [-0.2, -0.15) is 5.10 Å². The number of piperidine rings is 1. The van der Waals surface area contributed by atoms with E-state index in [1.54, 1.807) is 0 Å². The van der Waals surface area contributed by atoms with Crippen molar-refractivity contribution < 1.29 is 4.74 Å². The van der Waals surface area contributed by atoms with Crippen molar-refractivity contribution in [2.24, 2.45) is 0 Å². The van der Waals surface area contributed by atoms with E-state index in [4.69, 9.17) is 9.84 Å². The van der Waals surface area contributed by atoms with E-state index < -0.39 is 0 Å². The van der Waals surface area contributed by atoms with Crippen molar-refractivity contribution in [3.63, 3.8) is 0 Å². The fraction of sp³-hybridized carbons (Fsp3) is 0.250. The van der Waals surface area contributed by atoms with E-state index in [1.165, 1.54) is 18.5 Å².